The summed E-state index contributed by atoms with van der Waals surface area (Å²) in [5.41, 5.74) is 9.74. The van der Waals surface area contributed by atoms with Gasteiger partial charge < -0.3 is 77.1 Å². The van der Waals surface area contributed by atoms with Gasteiger partial charge in [-0.3, -0.25) is 0 Å². The van der Waals surface area contributed by atoms with Crippen LogP contribution >= 0.6 is 0 Å². The molecule has 8 aliphatic heterocycles. The molecular weight excluding hydrogens is 1990 g/mol. The molecule has 16 heterocycles. The van der Waals surface area contributed by atoms with Gasteiger partial charge in [-0.1, -0.05) is 76.6 Å². The van der Waals surface area contributed by atoms with Gasteiger partial charge in [-0.05, 0) is 48.5 Å². The molecule has 0 saturated heterocycles. The van der Waals surface area contributed by atoms with E-state index in [4.69, 9.17) is 37.9 Å². The van der Waals surface area contributed by atoms with Crippen molar-refractivity contribution < 1.29 is 117 Å². The zero-order chi connectivity index (χ0) is 63.7. The molecular formula is C68H40N20O8Os4-12. The van der Waals surface area contributed by atoms with Gasteiger partial charge in [0.1, 0.15) is 35.8 Å². The molecule has 12 aromatic rings. The van der Waals surface area contributed by atoms with Crippen LogP contribution in [0.25, 0.3) is 0 Å². The fourth-order valence-corrected chi connectivity index (χ4v) is 10.5. The van der Waals surface area contributed by atoms with E-state index in [2.05, 4.69) is 84.1 Å². The van der Waals surface area contributed by atoms with Crippen LogP contribution in [0.15, 0.2) is 196 Å². The number of hydrogen-bond acceptors (Lipinski definition) is 28. The van der Waals surface area contributed by atoms with E-state index >= 15 is 0 Å². The van der Waals surface area contributed by atoms with Crippen LogP contribution in [0.3, 0.4) is 0 Å². The Hall–Kier alpha value is -10.9. The summed E-state index contributed by atoms with van der Waals surface area (Å²) in [5.74, 6) is 7.28. The van der Waals surface area contributed by atoms with Crippen LogP contribution in [0.4, 0.5) is 91.5 Å². The zero-order valence-electron chi connectivity index (χ0n) is 50.7. The number of ether oxygens (including phenoxy) is 8. The second kappa shape index (κ2) is 30.1. The van der Waals surface area contributed by atoms with E-state index in [1.807, 2.05) is 151 Å². The van der Waals surface area contributed by atoms with Gasteiger partial charge in [0.15, 0.2) is 11.6 Å². The first-order valence-corrected chi connectivity index (χ1v) is 29.1. The van der Waals surface area contributed by atoms with Gasteiger partial charge in [0.2, 0.25) is 35.3 Å². The number of nitrogens with zero attached hydrogens (tertiary/aromatic N) is 20. The van der Waals surface area contributed by atoms with Gasteiger partial charge in [-0.2, -0.15) is 24.3 Å². The molecule has 20 rings (SSSR count). The van der Waals surface area contributed by atoms with Crippen molar-refractivity contribution in [3.05, 3.63) is 274 Å². The molecule has 0 aliphatic carbocycles. The third-order valence-electron chi connectivity index (χ3n) is 14.9. The van der Waals surface area contributed by atoms with Gasteiger partial charge in [0.25, 0.3) is 0 Å². The number of benzene rings is 4. The summed E-state index contributed by atoms with van der Waals surface area (Å²) in [6.07, 6.45) is 19.6. The maximum Gasteiger partial charge on any atom is 0.224 e. The number of fused-ring (bicyclic) bond motifs is 8. The molecule has 0 bridgehead atoms. The molecule has 8 aliphatic rings. The fourth-order valence-electron chi connectivity index (χ4n) is 10.5. The molecule has 100 heavy (non-hydrogen) atoms. The third kappa shape index (κ3) is 13.2. The summed E-state index contributed by atoms with van der Waals surface area (Å²) in [7, 11) is 0. The minimum Gasteiger partial charge on any atom is -0.639 e. The van der Waals surface area contributed by atoms with Crippen molar-refractivity contribution in [3.63, 3.8) is 0 Å². The van der Waals surface area contributed by atoms with E-state index in [1.54, 1.807) is 126 Å². The second-order valence-electron chi connectivity index (χ2n) is 20.5. The molecule has 0 atom stereocenters. The average molecular weight is 2030 g/mol. The largest absolute Gasteiger partial charge is 0.639 e. The van der Waals surface area contributed by atoms with Crippen molar-refractivity contribution in [3.8, 4) is 46.8 Å². The Labute approximate surface area is 623 Å². The Kier molecular flexibility index (Phi) is 20.4. The summed E-state index contributed by atoms with van der Waals surface area (Å²) in [4.78, 5) is 65.1. The molecule has 28 nitrogen and oxygen atoms in total. The minimum atomic E-state index is 0. The molecule has 4 aromatic carbocycles. The Bertz CT molecular complexity index is 4010. The van der Waals surface area contributed by atoms with Crippen LogP contribution in [-0.2, 0) is 79.2 Å². The summed E-state index contributed by atoms with van der Waals surface area (Å²) in [6, 6.07) is 51.7. The van der Waals surface area contributed by atoms with Crippen LogP contribution in [0.5, 0.6) is 46.8 Å². The predicted octanol–water partition coefficient (Wildman–Crippen LogP) is 11.9. The molecule has 0 amide bonds. The van der Waals surface area contributed by atoms with Gasteiger partial charge in [-0.15, -0.1) is 95.5 Å². The van der Waals surface area contributed by atoms with Crippen molar-refractivity contribution in [1.29, 1.82) is 0 Å². The van der Waals surface area contributed by atoms with Gasteiger partial charge in [0.05, 0.1) is 35.1 Å². The van der Waals surface area contributed by atoms with E-state index in [9.17, 15) is 0 Å². The first-order chi connectivity index (χ1) is 47.6. The van der Waals surface area contributed by atoms with E-state index < -0.39 is 0 Å². The van der Waals surface area contributed by atoms with E-state index in [0.717, 1.165) is 91.4 Å². The Morgan fingerprint density at radius 1 is 0.240 bits per heavy atom. The molecule has 32 heteroatoms. The molecule has 0 spiro atoms. The number of pyridine rings is 4. The number of hydrogen-bond donors (Lipinski definition) is 0. The van der Waals surface area contributed by atoms with Crippen LogP contribution in [0.2, 0.25) is 0 Å². The number of rotatable bonds is 8. The molecule has 0 saturated carbocycles. The fraction of sp³-hybridized carbons (Fsp3) is 0. The number of aromatic nitrogens is 12. The Morgan fingerprint density at radius 2 is 0.510 bits per heavy atom. The second-order valence-corrected chi connectivity index (χ2v) is 20.5. The van der Waals surface area contributed by atoms with Crippen molar-refractivity contribution in [1.82, 2.24) is 59.8 Å². The van der Waals surface area contributed by atoms with Crippen molar-refractivity contribution in [2.45, 2.75) is 0 Å². The minimum absolute atomic E-state index is 0. The summed E-state index contributed by atoms with van der Waals surface area (Å²) < 4.78 is 43.8. The standard InChI is InChI=1S/2C18H11N4O2.2C16H9N6O2.4Os/c1-4-13(21-11-23-15-6-2-8-19-17(15)21)10-14(5-1)22-12-24-16-7-3-9-20-18(16)22;1-4-13(21-11-23-17-15(21)6-2-8-19-17)10-14(5-1)22-12-24-18-16(22)7-3-9-20-18;1-2-11(21-9-23-15-13(21)5-17-7-19-15)4-12(3-1)22-10-24-16-14(22)6-18-8-20-16;1-2-11(21-9-23-15-13(21)17-4-6-19-15)8-12(3-1)22-10-24-16-14(22)18-5-7-20-16;;;;/h2*1-9,11-12H;1-3,5-10H;1-7,9-10H;;;;/q4*-3;;;;. The number of anilines is 16. The van der Waals surface area contributed by atoms with Gasteiger partial charge >= 0.3 is 0 Å². The monoisotopic (exact) mass is 2030 g/mol. The van der Waals surface area contributed by atoms with Crippen LogP contribution < -0.4 is 77.1 Å². The normalized spacial score (nSPS) is 14.2. The third-order valence-corrected chi connectivity index (χ3v) is 14.9. The maximum absolute atomic E-state index is 5.55. The Morgan fingerprint density at radius 3 is 0.900 bits per heavy atom. The van der Waals surface area contributed by atoms with Gasteiger partial charge in [-0.25, -0.2) is 59.8 Å². The van der Waals surface area contributed by atoms with Crippen molar-refractivity contribution in [2.75, 3.05) is 39.2 Å². The molecule has 0 fully saturated rings. The Balaban J connectivity index is 0.000000118. The topological polar surface area (TPSA) is 254 Å². The average Bonchev–Trinajstić information content (AvgIpc) is 1.62. The summed E-state index contributed by atoms with van der Waals surface area (Å²) >= 11 is 0. The first kappa shape index (κ1) is 67.7. The van der Waals surface area contributed by atoms with Crippen LogP contribution in [0, 0.1) is 78.1 Å². The molecule has 504 valence electrons. The summed E-state index contributed by atoms with van der Waals surface area (Å²) in [5, 5.41) is 0. The predicted molar refractivity (Wildman–Crippen MR) is 343 cm³/mol. The quantitative estimate of drug-likeness (QED) is 0.128. The van der Waals surface area contributed by atoms with Crippen LogP contribution in [-0.4, -0.2) is 59.8 Å². The zero-order valence-corrected chi connectivity index (χ0v) is 60.9. The summed E-state index contributed by atoms with van der Waals surface area (Å²) in [6.45, 7) is 12.8. The van der Waals surface area contributed by atoms with E-state index in [0.29, 0.717) is 46.9 Å². The maximum atomic E-state index is 5.55. The van der Waals surface area contributed by atoms with Crippen molar-refractivity contribution in [2.24, 2.45) is 0 Å². The molecule has 0 radical (unpaired) electrons. The first-order valence-electron chi connectivity index (χ1n) is 29.1. The van der Waals surface area contributed by atoms with Crippen molar-refractivity contribution >= 4 is 91.5 Å². The van der Waals surface area contributed by atoms with Gasteiger partial charge in [0, 0.05) is 129 Å². The molecule has 0 unspecified atom stereocenters. The molecule has 0 N–H and O–H groups in total. The molecule has 8 aromatic heterocycles. The van der Waals surface area contributed by atoms with E-state index in [1.165, 1.54) is 12.7 Å². The van der Waals surface area contributed by atoms with E-state index in [-0.39, 0.29) is 79.2 Å². The SMILES string of the molecule is [Os].[Os].[Os].[Os].[c-]1c(N2[CH-]Oc3cccnc32)cccc1N1[CH-]Oc2cccnc21.[c-]1c(N2[CH-]Oc3ncccc32)cccc1N1[CH-]Oc2ncccc21.[c-]1c(N2[CH-]Oc3nccnc32)cccc1N1[CH-]Oc2nccnc21.[c-]1c(N2[CH-]Oc3ncncc32)cccc1N1[CH-]Oc2ncncc21. The smallest absolute Gasteiger partial charge is 0.224 e. The van der Waals surface area contributed by atoms with Crippen LogP contribution in [0.1, 0.15) is 0 Å².